The first-order valence-corrected chi connectivity index (χ1v) is 8.93. The summed E-state index contributed by atoms with van der Waals surface area (Å²) in [5.41, 5.74) is 0.902. The van der Waals surface area contributed by atoms with E-state index in [0.717, 1.165) is 44.7 Å². The number of carbonyl (C=O) groups excluding carboxylic acids is 2. The summed E-state index contributed by atoms with van der Waals surface area (Å²) in [5, 5.41) is 4.44. The van der Waals surface area contributed by atoms with E-state index in [1.54, 1.807) is 6.20 Å². The first kappa shape index (κ1) is 15.6. The van der Waals surface area contributed by atoms with Crippen LogP contribution in [-0.4, -0.2) is 69.7 Å². The smallest absolute Gasteiger partial charge is 0.240 e. The summed E-state index contributed by atoms with van der Waals surface area (Å²) in [6, 6.07) is 0.627. The van der Waals surface area contributed by atoms with Crippen LogP contribution in [0.2, 0.25) is 0 Å². The van der Waals surface area contributed by atoms with E-state index in [4.69, 9.17) is 0 Å². The number of carbonyl (C=O) groups is 2. The SMILES string of the molecule is CC(C)N1CCC(N2CC(n3cc(N4CCCC4=O)cn3)C2)C1=O. The Morgan fingerprint density at radius 3 is 2.62 bits per heavy atom. The molecule has 0 aromatic carbocycles. The van der Waals surface area contributed by atoms with E-state index in [9.17, 15) is 9.59 Å². The molecule has 1 unspecified atom stereocenters. The zero-order valence-corrected chi connectivity index (χ0v) is 14.4. The maximum Gasteiger partial charge on any atom is 0.240 e. The lowest BCUT2D eigenvalue weighted by Crippen LogP contribution is -2.55. The second-order valence-electron chi connectivity index (χ2n) is 7.37. The van der Waals surface area contributed by atoms with Gasteiger partial charge in [0.25, 0.3) is 0 Å². The molecule has 1 atom stereocenters. The maximum atomic E-state index is 12.5. The molecular weight excluding hydrogens is 306 g/mol. The molecule has 1 aromatic rings. The van der Waals surface area contributed by atoms with Crippen molar-refractivity contribution in [3.63, 3.8) is 0 Å². The van der Waals surface area contributed by atoms with Gasteiger partial charge in [0, 0.05) is 44.8 Å². The molecule has 1 aromatic heterocycles. The van der Waals surface area contributed by atoms with Gasteiger partial charge in [-0.1, -0.05) is 0 Å². The molecule has 0 bridgehead atoms. The van der Waals surface area contributed by atoms with Gasteiger partial charge in [-0.05, 0) is 26.7 Å². The fraction of sp³-hybridized carbons (Fsp3) is 0.706. The lowest BCUT2D eigenvalue weighted by molar-refractivity contribution is -0.135. The van der Waals surface area contributed by atoms with E-state index in [2.05, 4.69) is 23.8 Å². The van der Waals surface area contributed by atoms with Gasteiger partial charge >= 0.3 is 0 Å². The van der Waals surface area contributed by atoms with Gasteiger partial charge in [0.1, 0.15) is 0 Å². The van der Waals surface area contributed by atoms with Crippen molar-refractivity contribution in [2.75, 3.05) is 31.1 Å². The molecule has 0 saturated carbocycles. The zero-order valence-electron chi connectivity index (χ0n) is 14.4. The summed E-state index contributed by atoms with van der Waals surface area (Å²) in [7, 11) is 0. The number of anilines is 1. The third-order valence-electron chi connectivity index (χ3n) is 5.51. The van der Waals surface area contributed by atoms with Crippen LogP contribution in [0.15, 0.2) is 12.4 Å². The number of hydrogen-bond acceptors (Lipinski definition) is 4. The standard InChI is InChI=1S/C17H25N5O2/c1-12(2)20-7-5-15(17(20)24)19-9-14(10-19)22-11-13(8-18-22)21-6-3-4-16(21)23/h8,11-12,14-15H,3-7,9-10H2,1-2H3. The molecule has 0 spiro atoms. The Bertz CT molecular complexity index is 649. The predicted octanol–water partition coefficient (Wildman–Crippen LogP) is 0.876. The fourth-order valence-electron chi connectivity index (χ4n) is 4.04. The van der Waals surface area contributed by atoms with Crippen LogP contribution >= 0.6 is 0 Å². The summed E-state index contributed by atoms with van der Waals surface area (Å²) in [4.78, 5) is 30.3. The molecule has 2 amide bonds. The minimum Gasteiger partial charge on any atom is -0.339 e. The Morgan fingerprint density at radius 1 is 1.21 bits per heavy atom. The molecule has 7 nitrogen and oxygen atoms in total. The highest BCUT2D eigenvalue weighted by Gasteiger charge is 2.42. The quantitative estimate of drug-likeness (QED) is 0.822. The van der Waals surface area contributed by atoms with E-state index < -0.39 is 0 Å². The topological polar surface area (TPSA) is 61.7 Å². The van der Waals surface area contributed by atoms with Gasteiger partial charge in [-0.25, -0.2) is 0 Å². The van der Waals surface area contributed by atoms with Crippen LogP contribution in [0.4, 0.5) is 5.69 Å². The van der Waals surface area contributed by atoms with Gasteiger partial charge < -0.3 is 9.80 Å². The van der Waals surface area contributed by atoms with Gasteiger partial charge in [0.15, 0.2) is 0 Å². The number of hydrogen-bond donors (Lipinski definition) is 0. The van der Waals surface area contributed by atoms with Crippen molar-refractivity contribution in [2.24, 2.45) is 0 Å². The Labute approximate surface area is 142 Å². The minimum atomic E-state index is 0.0406. The summed E-state index contributed by atoms with van der Waals surface area (Å²) >= 11 is 0. The Hall–Kier alpha value is -1.89. The highest BCUT2D eigenvalue weighted by atomic mass is 16.2. The second-order valence-corrected chi connectivity index (χ2v) is 7.37. The van der Waals surface area contributed by atoms with Crippen molar-refractivity contribution in [2.45, 2.75) is 51.2 Å². The van der Waals surface area contributed by atoms with Gasteiger partial charge in [0.2, 0.25) is 11.8 Å². The molecule has 3 aliphatic rings. The van der Waals surface area contributed by atoms with Crippen LogP contribution in [0, 0.1) is 0 Å². The Balaban J connectivity index is 1.36. The van der Waals surface area contributed by atoms with E-state index in [-0.39, 0.29) is 23.9 Å². The van der Waals surface area contributed by atoms with Crippen LogP contribution in [0.3, 0.4) is 0 Å². The molecule has 4 rings (SSSR count). The molecule has 0 aliphatic carbocycles. The van der Waals surface area contributed by atoms with Crippen molar-refractivity contribution in [3.05, 3.63) is 12.4 Å². The highest BCUT2D eigenvalue weighted by Crippen LogP contribution is 2.30. The molecule has 24 heavy (non-hydrogen) atoms. The van der Waals surface area contributed by atoms with Crippen molar-refractivity contribution in [1.82, 2.24) is 19.6 Å². The monoisotopic (exact) mass is 331 g/mol. The Morgan fingerprint density at radius 2 is 2.00 bits per heavy atom. The van der Waals surface area contributed by atoms with Crippen molar-refractivity contribution in [1.29, 1.82) is 0 Å². The molecule has 0 radical (unpaired) electrons. The first-order valence-electron chi connectivity index (χ1n) is 8.93. The highest BCUT2D eigenvalue weighted by molar-refractivity contribution is 5.95. The fourth-order valence-corrected chi connectivity index (χ4v) is 4.04. The van der Waals surface area contributed by atoms with Crippen LogP contribution in [0.5, 0.6) is 0 Å². The van der Waals surface area contributed by atoms with Crippen LogP contribution in [0.25, 0.3) is 0 Å². The van der Waals surface area contributed by atoms with Crippen molar-refractivity contribution < 1.29 is 9.59 Å². The third-order valence-corrected chi connectivity index (χ3v) is 5.51. The molecule has 3 saturated heterocycles. The van der Waals surface area contributed by atoms with E-state index >= 15 is 0 Å². The molecule has 0 N–H and O–H groups in total. The number of nitrogens with zero attached hydrogens (tertiary/aromatic N) is 5. The van der Waals surface area contributed by atoms with E-state index in [1.807, 2.05) is 20.7 Å². The predicted molar refractivity (Wildman–Crippen MR) is 89.7 cm³/mol. The Kier molecular flexibility index (Phi) is 3.83. The average molecular weight is 331 g/mol. The van der Waals surface area contributed by atoms with Crippen LogP contribution in [-0.2, 0) is 9.59 Å². The number of aromatic nitrogens is 2. The molecule has 3 fully saturated rings. The van der Waals surface area contributed by atoms with Crippen LogP contribution < -0.4 is 4.90 Å². The average Bonchev–Trinajstić information content (AvgIpc) is 3.19. The summed E-state index contributed by atoms with van der Waals surface area (Å²) in [6.45, 7) is 7.53. The zero-order chi connectivity index (χ0) is 16.8. The van der Waals surface area contributed by atoms with E-state index in [0.29, 0.717) is 12.5 Å². The lowest BCUT2D eigenvalue weighted by atomic mass is 10.0. The summed E-state index contributed by atoms with van der Waals surface area (Å²) in [5.74, 6) is 0.461. The lowest BCUT2D eigenvalue weighted by Gasteiger charge is -2.42. The van der Waals surface area contributed by atoms with Crippen LogP contribution in [0.1, 0.15) is 39.2 Å². The number of likely N-dealkylation sites (tertiary alicyclic amines) is 2. The first-order chi connectivity index (χ1) is 11.5. The summed E-state index contributed by atoms with van der Waals surface area (Å²) in [6.07, 6.45) is 6.25. The molecule has 4 heterocycles. The largest absolute Gasteiger partial charge is 0.339 e. The maximum absolute atomic E-state index is 12.5. The van der Waals surface area contributed by atoms with Gasteiger partial charge in [-0.15, -0.1) is 0 Å². The van der Waals surface area contributed by atoms with Crippen molar-refractivity contribution >= 4 is 17.5 Å². The number of rotatable bonds is 4. The molecule has 3 aliphatic heterocycles. The normalized spacial score (nSPS) is 26.0. The summed E-state index contributed by atoms with van der Waals surface area (Å²) < 4.78 is 1.96. The number of amides is 2. The van der Waals surface area contributed by atoms with Gasteiger partial charge in [-0.3, -0.25) is 19.2 Å². The van der Waals surface area contributed by atoms with Gasteiger partial charge in [0.05, 0.1) is 24.0 Å². The minimum absolute atomic E-state index is 0.0406. The second kappa shape index (κ2) is 5.88. The molecular formula is C17H25N5O2. The third kappa shape index (κ3) is 2.51. The molecule has 7 heteroatoms. The van der Waals surface area contributed by atoms with E-state index in [1.165, 1.54) is 0 Å². The van der Waals surface area contributed by atoms with Gasteiger partial charge in [-0.2, -0.15) is 5.10 Å². The molecule has 130 valence electrons. The van der Waals surface area contributed by atoms with Crippen molar-refractivity contribution in [3.8, 4) is 0 Å².